The van der Waals surface area contributed by atoms with E-state index in [1.54, 1.807) is 12.1 Å². The molecule has 2 atom stereocenters. The maximum atomic E-state index is 13.0. The molecule has 0 radical (unpaired) electrons. The first kappa shape index (κ1) is 18.4. The lowest BCUT2D eigenvalue weighted by atomic mass is 10.0. The number of rotatable bonds is 6. The third-order valence-corrected chi connectivity index (χ3v) is 5.77. The van der Waals surface area contributed by atoms with Gasteiger partial charge in [-0.3, -0.25) is 4.90 Å². The number of hydrogen-bond acceptors (Lipinski definition) is 4. The Morgan fingerprint density at radius 3 is 2.78 bits per heavy atom. The third kappa shape index (κ3) is 4.01. The number of imidazole rings is 1. The van der Waals surface area contributed by atoms with Crippen molar-refractivity contribution in [1.29, 1.82) is 0 Å². The number of likely N-dealkylation sites (tertiary alicyclic amines) is 1. The topological polar surface area (TPSA) is 50.5 Å². The van der Waals surface area contributed by atoms with Crippen LogP contribution in [-0.2, 0) is 19.9 Å². The number of halogens is 1. The van der Waals surface area contributed by atoms with Gasteiger partial charge in [0.2, 0.25) is 0 Å². The van der Waals surface area contributed by atoms with Gasteiger partial charge < -0.3 is 14.4 Å². The lowest BCUT2D eigenvalue weighted by molar-refractivity contribution is 0.0623. The zero-order chi connectivity index (χ0) is 18.8. The molecule has 0 saturated carbocycles. The van der Waals surface area contributed by atoms with Gasteiger partial charge in [0.05, 0.1) is 11.7 Å². The molecule has 146 valence electrons. The van der Waals surface area contributed by atoms with Crippen LogP contribution in [0.2, 0.25) is 0 Å². The molecule has 0 unspecified atom stereocenters. The molecule has 1 aliphatic heterocycles. The van der Waals surface area contributed by atoms with Crippen LogP contribution in [0.15, 0.2) is 24.3 Å². The molecule has 0 amide bonds. The number of hydrogen-bond donors (Lipinski definition) is 1. The summed E-state index contributed by atoms with van der Waals surface area (Å²) in [6.45, 7) is 1.73. The van der Waals surface area contributed by atoms with Crippen molar-refractivity contribution in [2.24, 2.45) is 7.05 Å². The summed E-state index contributed by atoms with van der Waals surface area (Å²) in [4.78, 5) is 7.29. The minimum absolute atomic E-state index is 0.200. The van der Waals surface area contributed by atoms with Crippen molar-refractivity contribution in [3.8, 4) is 5.75 Å². The highest BCUT2D eigenvalue weighted by atomic mass is 19.1. The highest BCUT2D eigenvalue weighted by molar-refractivity contribution is 5.23. The molecule has 2 aromatic rings. The number of nitrogens with zero attached hydrogens (tertiary/aromatic N) is 3. The van der Waals surface area contributed by atoms with Crippen molar-refractivity contribution >= 4 is 0 Å². The van der Waals surface area contributed by atoms with Crippen molar-refractivity contribution in [2.75, 3.05) is 19.7 Å². The minimum atomic E-state index is -0.592. The molecule has 27 heavy (non-hydrogen) atoms. The normalized spacial score (nSPS) is 21.2. The second kappa shape index (κ2) is 7.98. The number of β-amino-alcohol motifs (C(OH)–C–C–N with tert-alkyl or cyclic N) is 1. The SMILES string of the molecule is Cn1c([C@@H]2CCCN2C[C@@H](O)COc2ccc(F)cc2)nc2c1CCCC2. The van der Waals surface area contributed by atoms with E-state index in [0.717, 1.165) is 38.1 Å². The zero-order valence-corrected chi connectivity index (χ0v) is 15.9. The summed E-state index contributed by atoms with van der Waals surface area (Å²) in [6, 6.07) is 6.15. The van der Waals surface area contributed by atoms with Crippen LogP contribution in [-0.4, -0.2) is 45.4 Å². The molecule has 0 bridgehead atoms. The fourth-order valence-corrected chi connectivity index (χ4v) is 4.39. The number of benzene rings is 1. The fraction of sp³-hybridized carbons (Fsp3) is 0.571. The molecular formula is C21H28FN3O2. The van der Waals surface area contributed by atoms with Gasteiger partial charge in [0.25, 0.3) is 0 Å². The monoisotopic (exact) mass is 373 g/mol. The summed E-state index contributed by atoms with van der Waals surface area (Å²) < 4.78 is 20.8. The quantitative estimate of drug-likeness (QED) is 0.846. The molecule has 1 aromatic heterocycles. The van der Waals surface area contributed by atoms with E-state index in [0.29, 0.717) is 12.3 Å². The largest absolute Gasteiger partial charge is 0.491 e. The Labute approximate surface area is 159 Å². The number of aliphatic hydroxyl groups is 1. The van der Waals surface area contributed by atoms with Gasteiger partial charge >= 0.3 is 0 Å². The highest BCUT2D eigenvalue weighted by Gasteiger charge is 2.32. The van der Waals surface area contributed by atoms with E-state index in [1.807, 2.05) is 0 Å². The van der Waals surface area contributed by atoms with Crippen LogP contribution in [0, 0.1) is 5.82 Å². The number of ether oxygens (including phenoxy) is 1. The van der Waals surface area contributed by atoms with Crippen molar-refractivity contribution in [2.45, 2.75) is 50.7 Å². The second-order valence-corrected chi connectivity index (χ2v) is 7.70. The zero-order valence-electron chi connectivity index (χ0n) is 15.9. The van der Waals surface area contributed by atoms with E-state index >= 15 is 0 Å². The molecule has 2 aliphatic rings. The maximum absolute atomic E-state index is 13.0. The van der Waals surface area contributed by atoms with Crippen LogP contribution in [0.25, 0.3) is 0 Å². The van der Waals surface area contributed by atoms with Crippen LogP contribution in [0.4, 0.5) is 4.39 Å². The van der Waals surface area contributed by atoms with E-state index in [-0.39, 0.29) is 18.5 Å². The van der Waals surface area contributed by atoms with E-state index in [9.17, 15) is 9.50 Å². The Morgan fingerprint density at radius 1 is 1.22 bits per heavy atom. The van der Waals surface area contributed by atoms with Gasteiger partial charge in [0, 0.05) is 19.3 Å². The van der Waals surface area contributed by atoms with Crippen LogP contribution in [0.3, 0.4) is 0 Å². The predicted octanol–water partition coefficient (Wildman–Crippen LogP) is 3.01. The molecule has 6 heteroatoms. The van der Waals surface area contributed by atoms with Crippen molar-refractivity contribution in [3.63, 3.8) is 0 Å². The number of fused-ring (bicyclic) bond motifs is 1. The summed E-state index contributed by atoms with van der Waals surface area (Å²) in [6.07, 6.45) is 6.30. The van der Waals surface area contributed by atoms with Crippen molar-refractivity contribution < 1.29 is 14.2 Å². The summed E-state index contributed by atoms with van der Waals surface area (Å²) in [7, 11) is 2.14. The number of aryl methyl sites for hydroxylation is 1. The van der Waals surface area contributed by atoms with Crippen LogP contribution >= 0.6 is 0 Å². The molecule has 2 heterocycles. The van der Waals surface area contributed by atoms with Gasteiger partial charge in [-0.15, -0.1) is 0 Å². The molecule has 1 saturated heterocycles. The summed E-state index contributed by atoms with van der Waals surface area (Å²) in [5.41, 5.74) is 2.66. The number of aliphatic hydroxyl groups excluding tert-OH is 1. The molecule has 5 nitrogen and oxygen atoms in total. The van der Waals surface area contributed by atoms with E-state index in [2.05, 4.69) is 16.5 Å². The Bertz CT molecular complexity index is 774. The van der Waals surface area contributed by atoms with Gasteiger partial charge in [-0.2, -0.15) is 0 Å². The molecule has 1 aromatic carbocycles. The average Bonchev–Trinajstić information content (AvgIpc) is 3.26. The molecular weight excluding hydrogens is 345 g/mol. The predicted molar refractivity (Wildman–Crippen MR) is 101 cm³/mol. The Balaban J connectivity index is 1.38. The van der Waals surface area contributed by atoms with Crippen LogP contribution < -0.4 is 4.74 Å². The van der Waals surface area contributed by atoms with Crippen LogP contribution in [0.1, 0.15) is 48.9 Å². The molecule has 0 spiro atoms. The first-order valence-corrected chi connectivity index (χ1v) is 9.96. The standard InChI is InChI=1S/C21H28FN3O2/c1-24-19-6-3-2-5-18(19)23-21(24)20-7-4-12-25(20)13-16(26)14-27-17-10-8-15(22)9-11-17/h8-11,16,20,26H,2-7,12-14H2,1H3/t16-,20+/m1/s1. The smallest absolute Gasteiger partial charge is 0.126 e. The molecule has 1 N–H and O–H groups in total. The Morgan fingerprint density at radius 2 is 2.00 bits per heavy atom. The summed E-state index contributed by atoms with van der Waals surface area (Å²) in [5, 5.41) is 10.5. The first-order chi connectivity index (χ1) is 13.1. The van der Waals surface area contributed by atoms with E-state index < -0.39 is 6.10 Å². The summed E-state index contributed by atoms with van der Waals surface area (Å²) in [5.74, 6) is 1.43. The third-order valence-electron chi connectivity index (χ3n) is 5.77. The second-order valence-electron chi connectivity index (χ2n) is 7.70. The molecule has 4 rings (SSSR count). The van der Waals surface area contributed by atoms with Crippen molar-refractivity contribution in [3.05, 3.63) is 47.3 Å². The lowest BCUT2D eigenvalue weighted by Crippen LogP contribution is -2.36. The van der Waals surface area contributed by atoms with Crippen molar-refractivity contribution in [1.82, 2.24) is 14.5 Å². The Hall–Kier alpha value is -1.92. The molecule has 1 aliphatic carbocycles. The Kier molecular flexibility index (Phi) is 5.45. The maximum Gasteiger partial charge on any atom is 0.126 e. The van der Waals surface area contributed by atoms with Crippen LogP contribution in [0.5, 0.6) is 5.75 Å². The lowest BCUT2D eigenvalue weighted by Gasteiger charge is -2.26. The average molecular weight is 373 g/mol. The van der Waals surface area contributed by atoms with Gasteiger partial charge in [0.1, 0.15) is 30.1 Å². The minimum Gasteiger partial charge on any atom is -0.491 e. The summed E-state index contributed by atoms with van der Waals surface area (Å²) >= 11 is 0. The van der Waals surface area contributed by atoms with E-state index in [1.165, 1.54) is 36.4 Å². The van der Waals surface area contributed by atoms with Gasteiger partial charge in [-0.1, -0.05) is 0 Å². The van der Waals surface area contributed by atoms with Gasteiger partial charge in [-0.05, 0) is 69.3 Å². The van der Waals surface area contributed by atoms with Gasteiger partial charge in [0.15, 0.2) is 0 Å². The van der Waals surface area contributed by atoms with E-state index in [4.69, 9.17) is 9.72 Å². The molecule has 1 fully saturated rings. The highest BCUT2D eigenvalue weighted by Crippen LogP contribution is 2.33. The number of aromatic nitrogens is 2. The van der Waals surface area contributed by atoms with Gasteiger partial charge in [-0.25, -0.2) is 9.37 Å². The first-order valence-electron chi connectivity index (χ1n) is 9.96. The fourth-order valence-electron chi connectivity index (χ4n) is 4.39.